The molecule has 0 aliphatic heterocycles. The van der Waals surface area contributed by atoms with Gasteiger partial charge in [-0.15, -0.1) is 11.3 Å². The van der Waals surface area contributed by atoms with E-state index in [9.17, 15) is 5.11 Å². The van der Waals surface area contributed by atoms with Gasteiger partial charge in [0.05, 0.1) is 10.2 Å². The highest BCUT2D eigenvalue weighted by molar-refractivity contribution is 7.21. The zero-order valence-electron chi connectivity index (χ0n) is 10.6. The van der Waals surface area contributed by atoms with Crippen molar-refractivity contribution in [1.82, 2.24) is 4.98 Å². The molecule has 1 heterocycles. The second kappa shape index (κ2) is 4.32. The number of nitrogens with zero attached hydrogens (tertiary/aromatic N) is 1. The fourth-order valence-corrected chi connectivity index (χ4v) is 3.46. The number of para-hydroxylation sites is 1. The molecule has 0 spiro atoms. The van der Waals surface area contributed by atoms with Crippen LogP contribution in [0.15, 0.2) is 60.7 Å². The molecule has 0 aliphatic carbocycles. The maximum Gasteiger partial charge on any atom is 0.125 e. The van der Waals surface area contributed by atoms with Crippen LogP contribution in [0.1, 0.15) is 0 Å². The summed E-state index contributed by atoms with van der Waals surface area (Å²) in [5.41, 5.74) is 2.09. The van der Waals surface area contributed by atoms with Crippen molar-refractivity contribution >= 4 is 32.3 Å². The quantitative estimate of drug-likeness (QED) is 0.541. The Morgan fingerprint density at radius 2 is 1.55 bits per heavy atom. The second-order valence-electron chi connectivity index (χ2n) is 4.66. The molecule has 4 rings (SSSR count). The van der Waals surface area contributed by atoms with E-state index < -0.39 is 0 Å². The highest BCUT2D eigenvalue weighted by Gasteiger charge is 2.10. The van der Waals surface area contributed by atoms with Gasteiger partial charge in [0.2, 0.25) is 0 Å². The molecule has 0 bridgehead atoms. The smallest absolute Gasteiger partial charge is 0.125 e. The fourth-order valence-electron chi connectivity index (χ4n) is 2.46. The van der Waals surface area contributed by atoms with Crippen LogP contribution in [0.5, 0.6) is 5.75 Å². The van der Waals surface area contributed by atoms with Crippen molar-refractivity contribution in [3.8, 4) is 16.3 Å². The van der Waals surface area contributed by atoms with E-state index in [-0.39, 0.29) is 0 Å². The number of hydrogen-bond donors (Lipinski definition) is 1. The highest BCUT2D eigenvalue weighted by Crippen LogP contribution is 2.37. The lowest BCUT2D eigenvalue weighted by molar-refractivity contribution is 0.481. The highest BCUT2D eigenvalue weighted by atomic mass is 32.1. The summed E-state index contributed by atoms with van der Waals surface area (Å²) in [5, 5.41) is 12.9. The van der Waals surface area contributed by atoms with Crippen molar-refractivity contribution in [2.75, 3.05) is 0 Å². The molecule has 0 saturated heterocycles. The number of phenolic OH excluding ortho intramolecular Hbond substituents is 1. The second-order valence-corrected chi connectivity index (χ2v) is 5.70. The molecule has 2 nitrogen and oxygen atoms in total. The molecule has 0 amide bonds. The molecule has 0 saturated carbocycles. The van der Waals surface area contributed by atoms with Gasteiger partial charge >= 0.3 is 0 Å². The maximum absolute atomic E-state index is 9.97. The third-order valence-corrected chi connectivity index (χ3v) is 4.50. The minimum absolute atomic E-state index is 0.311. The number of fused-ring (bicyclic) bond motifs is 2. The van der Waals surface area contributed by atoms with Crippen molar-refractivity contribution in [3.63, 3.8) is 0 Å². The van der Waals surface area contributed by atoms with Crippen LogP contribution in [-0.4, -0.2) is 10.1 Å². The molecule has 0 unspecified atom stereocenters. The van der Waals surface area contributed by atoms with Gasteiger partial charge in [-0.2, -0.15) is 0 Å². The lowest BCUT2D eigenvalue weighted by Gasteiger charge is -2.05. The lowest BCUT2D eigenvalue weighted by atomic mass is 10.0. The van der Waals surface area contributed by atoms with Crippen molar-refractivity contribution in [2.45, 2.75) is 0 Å². The summed E-state index contributed by atoms with van der Waals surface area (Å²) >= 11 is 1.68. The van der Waals surface area contributed by atoms with E-state index >= 15 is 0 Å². The standard InChI is InChI=1S/C17H11NOS/c19-15-10-9-13(11-5-1-2-6-12(11)15)17-18-14-7-3-4-8-16(14)20-17/h1-10,19H. The predicted octanol–water partition coefficient (Wildman–Crippen LogP) is 4.82. The van der Waals surface area contributed by atoms with E-state index in [0.29, 0.717) is 5.75 Å². The summed E-state index contributed by atoms with van der Waals surface area (Å²) in [4.78, 5) is 4.70. The largest absolute Gasteiger partial charge is 0.507 e. The summed E-state index contributed by atoms with van der Waals surface area (Å²) in [6.45, 7) is 0. The van der Waals surface area contributed by atoms with Gasteiger partial charge in [0.1, 0.15) is 10.8 Å². The van der Waals surface area contributed by atoms with Gasteiger partial charge in [0.15, 0.2) is 0 Å². The maximum atomic E-state index is 9.97. The molecule has 1 aromatic heterocycles. The van der Waals surface area contributed by atoms with Crippen LogP contribution in [0, 0.1) is 0 Å². The van der Waals surface area contributed by atoms with Crippen LogP contribution >= 0.6 is 11.3 Å². The Labute approximate surface area is 120 Å². The monoisotopic (exact) mass is 277 g/mol. The number of aromatic nitrogens is 1. The molecule has 4 aromatic rings. The molecule has 0 atom stereocenters. The van der Waals surface area contributed by atoms with Crippen LogP contribution in [0.3, 0.4) is 0 Å². The third-order valence-electron chi connectivity index (χ3n) is 3.43. The van der Waals surface area contributed by atoms with Gasteiger partial charge in [0.25, 0.3) is 0 Å². The normalized spacial score (nSPS) is 11.2. The van der Waals surface area contributed by atoms with Crippen LogP contribution in [0.4, 0.5) is 0 Å². The summed E-state index contributed by atoms with van der Waals surface area (Å²) in [6, 6.07) is 19.7. The first kappa shape index (κ1) is 11.4. The zero-order chi connectivity index (χ0) is 13.5. The first-order valence-corrected chi connectivity index (χ1v) is 7.21. The first-order chi connectivity index (χ1) is 9.83. The molecule has 3 aromatic carbocycles. The van der Waals surface area contributed by atoms with Gasteiger partial charge < -0.3 is 5.11 Å². The van der Waals surface area contributed by atoms with E-state index in [1.165, 1.54) is 4.70 Å². The average Bonchev–Trinajstić information content (AvgIpc) is 2.91. The first-order valence-electron chi connectivity index (χ1n) is 6.39. The number of thiazole rings is 1. The van der Waals surface area contributed by atoms with Crippen LogP contribution < -0.4 is 0 Å². The molecule has 0 aliphatic rings. The van der Waals surface area contributed by atoms with E-state index in [1.807, 2.05) is 48.5 Å². The summed E-state index contributed by atoms with van der Waals surface area (Å²) in [7, 11) is 0. The molecule has 20 heavy (non-hydrogen) atoms. The van der Waals surface area contributed by atoms with Gasteiger partial charge in [-0.25, -0.2) is 4.98 Å². The van der Waals surface area contributed by atoms with Gasteiger partial charge in [0, 0.05) is 10.9 Å². The van der Waals surface area contributed by atoms with Crippen molar-refractivity contribution in [2.24, 2.45) is 0 Å². The van der Waals surface area contributed by atoms with Crippen molar-refractivity contribution in [3.05, 3.63) is 60.7 Å². The van der Waals surface area contributed by atoms with Gasteiger partial charge in [-0.1, -0.05) is 36.4 Å². The molecular formula is C17H11NOS. The molecule has 1 N–H and O–H groups in total. The number of rotatable bonds is 1. The minimum atomic E-state index is 0.311. The summed E-state index contributed by atoms with van der Waals surface area (Å²) in [6.07, 6.45) is 0. The summed E-state index contributed by atoms with van der Waals surface area (Å²) in [5.74, 6) is 0.311. The number of phenols is 1. The molecule has 0 radical (unpaired) electrons. The zero-order valence-corrected chi connectivity index (χ0v) is 11.4. The Morgan fingerprint density at radius 1 is 0.800 bits per heavy atom. The molecule has 0 fully saturated rings. The molecule has 3 heteroatoms. The Balaban J connectivity index is 2.04. The van der Waals surface area contributed by atoms with Crippen LogP contribution in [0.25, 0.3) is 31.6 Å². The van der Waals surface area contributed by atoms with Crippen molar-refractivity contribution < 1.29 is 5.11 Å². The van der Waals surface area contributed by atoms with Crippen LogP contribution in [0.2, 0.25) is 0 Å². The van der Waals surface area contributed by atoms with E-state index in [1.54, 1.807) is 17.4 Å². The van der Waals surface area contributed by atoms with Gasteiger partial charge in [-0.05, 0) is 29.7 Å². The average molecular weight is 277 g/mol. The lowest BCUT2D eigenvalue weighted by Crippen LogP contribution is -1.81. The number of aromatic hydroxyl groups is 1. The number of benzene rings is 3. The third kappa shape index (κ3) is 1.67. The number of hydrogen-bond acceptors (Lipinski definition) is 3. The van der Waals surface area contributed by atoms with Crippen molar-refractivity contribution in [1.29, 1.82) is 0 Å². The molecule has 96 valence electrons. The van der Waals surface area contributed by atoms with E-state index in [4.69, 9.17) is 4.98 Å². The minimum Gasteiger partial charge on any atom is -0.507 e. The predicted molar refractivity (Wildman–Crippen MR) is 84.2 cm³/mol. The van der Waals surface area contributed by atoms with Gasteiger partial charge in [-0.3, -0.25) is 0 Å². The Hall–Kier alpha value is -2.39. The SMILES string of the molecule is Oc1ccc(-c2nc3ccccc3s2)c2ccccc12. The Kier molecular flexibility index (Phi) is 2.47. The topological polar surface area (TPSA) is 33.1 Å². The molecular weight excluding hydrogens is 266 g/mol. The Bertz CT molecular complexity index is 893. The van der Waals surface area contributed by atoms with E-state index in [0.717, 1.165) is 26.9 Å². The fraction of sp³-hybridized carbons (Fsp3) is 0. The van der Waals surface area contributed by atoms with E-state index in [2.05, 4.69) is 6.07 Å². The van der Waals surface area contributed by atoms with Crippen LogP contribution in [-0.2, 0) is 0 Å². The summed E-state index contributed by atoms with van der Waals surface area (Å²) < 4.78 is 1.18. The Morgan fingerprint density at radius 3 is 2.40 bits per heavy atom.